The first kappa shape index (κ1) is 8.84. The van der Waals surface area contributed by atoms with Crippen molar-refractivity contribution in [2.45, 2.75) is 4.90 Å². The van der Waals surface area contributed by atoms with Gasteiger partial charge < -0.3 is 5.11 Å². The first-order valence-corrected chi connectivity index (χ1v) is 5.77. The van der Waals surface area contributed by atoms with Crippen molar-refractivity contribution in [3.8, 4) is 5.75 Å². The Morgan fingerprint density at radius 1 is 1.46 bits per heavy atom. The number of thioether (sulfide) groups is 1. The predicted molar refractivity (Wildman–Crippen MR) is 55.2 cm³/mol. The number of hydrogen-bond donors (Lipinski definition) is 1. The van der Waals surface area contributed by atoms with Gasteiger partial charge in [-0.15, -0.1) is 23.1 Å². The molecule has 1 heterocycles. The summed E-state index contributed by atoms with van der Waals surface area (Å²) in [4.78, 5) is 0.928. The van der Waals surface area contributed by atoms with Gasteiger partial charge in [0.25, 0.3) is 0 Å². The minimum absolute atomic E-state index is 0.155. The molecule has 0 saturated heterocycles. The molecule has 0 atom stereocenters. The largest absolute Gasteiger partial charge is 0.507 e. The topological polar surface area (TPSA) is 20.2 Å². The molecule has 0 aliphatic carbocycles. The van der Waals surface area contributed by atoms with Crippen molar-refractivity contribution in [2.75, 3.05) is 6.26 Å². The Morgan fingerprint density at radius 2 is 2.23 bits per heavy atom. The smallest absolute Gasteiger partial charge is 0.141 e. The summed E-state index contributed by atoms with van der Waals surface area (Å²) in [6.45, 7) is 0. The Bertz CT molecular complexity index is 450. The fourth-order valence-corrected chi connectivity index (χ4v) is 3.08. The number of benzene rings is 1. The second-order valence-corrected chi connectivity index (χ2v) is 4.30. The average molecular weight is 214 g/mol. The number of rotatable bonds is 1. The fourth-order valence-electron chi connectivity index (χ4n) is 1.22. The highest BCUT2D eigenvalue weighted by Gasteiger charge is 2.11. The van der Waals surface area contributed by atoms with Gasteiger partial charge in [0.2, 0.25) is 0 Å². The van der Waals surface area contributed by atoms with Gasteiger partial charge in [0.1, 0.15) is 11.6 Å². The summed E-state index contributed by atoms with van der Waals surface area (Å²) in [6.07, 6.45) is 1.91. The van der Waals surface area contributed by atoms with Gasteiger partial charge in [-0.3, -0.25) is 0 Å². The average Bonchev–Trinajstić information content (AvgIpc) is 2.56. The number of phenols is 1. The summed E-state index contributed by atoms with van der Waals surface area (Å²) in [5, 5.41) is 12.0. The van der Waals surface area contributed by atoms with E-state index in [0.717, 1.165) is 4.90 Å². The molecule has 0 aliphatic heterocycles. The van der Waals surface area contributed by atoms with Crippen molar-refractivity contribution in [3.63, 3.8) is 0 Å². The van der Waals surface area contributed by atoms with Crippen molar-refractivity contribution < 1.29 is 9.50 Å². The quantitative estimate of drug-likeness (QED) is 0.733. The van der Waals surface area contributed by atoms with Gasteiger partial charge >= 0.3 is 0 Å². The van der Waals surface area contributed by atoms with Crippen LogP contribution < -0.4 is 0 Å². The van der Waals surface area contributed by atoms with E-state index in [4.69, 9.17) is 0 Å². The lowest BCUT2D eigenvalue weighted by atomic mass is 10.2. The van der Waals surface area contributed by atoms with Gasteiger partial charge in [-0.25, -0.2) is 4.39 Å². The van der Waals surface area contributed by atoms with E-state index in [-0.39, 0.29) is 11.6 Å². The highest BCUT2D eigenvalue weighted by molar-refractivity contribution is 7.99. The molecule has 0 unspecified atom stereocenters. The summed E-state index contributed by atoms with van der Waals surface area (Å²) >= 11 is 2.84. The van der Waals surface area contributed by atoms with Crippen LogP contribution in [0, 0.1) is 5.82 Å². The lowest BCUT2D eigenvalue weighted by molar-refractivity contribution is 0.480. The third-order valence-electron chi connectivity index (χ3n) is 1.84. The number of fused-ring (bicyclic) bond motifs is 1. The van der Waals surface area contributed by atoms with Crippen LogP contribution in [0.2, 0.25) is 0 Å². The minimum Gasteiger partial charge on any atom is -0.507 e. The number of aromatic hydroxyl groups is 1. The standard InChI is InChI=1S/C9H7FOS2/c1-12-7-4-13-9-5(10)2-3-6(11)8(7)9/h2-4,11H,1H3. The van der Waals surface area contributed by atoms with Crippen LogP contribution in [-0.2, 0) is 0 Å². The van der Waals surface area contributed by atoms with E-state index in [1.807, 2.05) is 11.6 Å². The molecule has 2 rings (SSSR count). The Kier molecular flexibility index (Phi) is 2.17. The first-order chi connectivity index (χ1) is 6.24. The van der Waals surface area contributed by atoms with Gasteiger partial charge in [-0.05, 0) is 18.4 Å². The summed E-state index contributed by atoms with van der Waals surface area (Å²) in [5.41, 5.74) is 0. The molecule has 0 fully saturated rings. The van der Waals surface area contributed by atoms with Gasteiger partial charge in [-0.1, -0.05) is 0 Å². The number of halogens is 1. The van der Waals surface area contributed by atoms with Crippen LogP contribution in [0.1, 0.15) is 0 Å². The molecular weight excluding hydrogens is 207 g/mol. The lowest BCUT2D eigenvalue weighted by Gasteiger charge is -1.98. The Hall–Kier alpha value is -0.740. The van der Waals surface area contributed by atoms with Crippen molar-refractivity contribution in [2.24, 2.45) is 0 Å². The Morgan fingerprint density at radius 3 is 2.92 bits per heavy atom. The van der Waals surface area contributed by atoms with E-state index in [2.05, 4.69) is 0 Å². The summed E-state index contributed by atoms with van der Waals surface area (Å²) in [5.74, 6) is -0.111. The van der Waals surface area contributed by atoms with Gasteiger partial charge in [-0.2, -0.15) is 0 Å². The fraction of sp³-hybridized carbons (Fsp3) is 0.111. The van der Waals surface area contributed by atoms with E-state index >= 15 is 0 Å². The maximum atomic E-state index is 13.2. The summed E-state index contributed by atoms with van der Waals surface area (Å²) in [7, 11) is 0. The molecule has 4 heteroatoms. The third kappa shape index (κ3) is 1.30. The normalized spacial score (nSPS) is 10.9. The molecule has 13 heavy (non-hydrogen) atoms. The molecule has 1 aromatic heterocycles. The van der Waals surface area contributed by atoms with Crippen molar-refractivity contribution in [3.05, 3.63) is 23.3 Å². The van der Waals surface area contributed by atoms with Gasteiger partial charge in [0.05, 0.1) is 10.1 Å². The molecule has 1 N–H and O–H groups in total. The van der Waals surface area contributed by atoms with Gasteiger partial charge in [0.15, 0.2) is 0 Å². The molecular formula is C9H7FOS2. The van der Waals surface area contributed by atoms with Crippen LogP contribution >= 0.6 is 23.1 Å². The second kappa shape index (κ2) is 3.20. The second-order valence-electron chi connectivity index (χ2n) is 2.57. The van der Waals surface area contributed by atoms with E-state index in [9.17, 15) is 9.50 Å². The molecule has 0 radical (unpaired) electrons. The Balaban J connectivity index is 2.87. The zero-order valence-corrected chi connectivity index (χ0v) is 8.51. The molecule has 0 amide bonds. The molecule has 1 nitrogen and oxygen atoms in total. The SMILES string of the molecule is CSc1csc2c(F)ccc(O)c12. The summed E-state index contributed by atoms with van der Waals surface area (Å²) < 4.78 is 13.7. The molecule has 2 aromatic rings. The molecule has 0 spiro atoms. The minimum atomic E-state index is -0.266. The molecule has 0 aliphatic rings. The lowest BCUT2D eigenvalue weighted by Crippen LogP contribution is -1.75. The Labute approximate surface area is 83.2 Å². The summed E-state index contributed by atoms with van der Waals surface area (Å²) in [6, 6.07) is 2.68. The number of phenolic OH excluding ortho intramolecular Hbond substituents is 1. The van der Waals surface area contributed by atoms with Crippen molar-refractivity contribution >= 4 is 33.2 Å². The van der Waals surface area contributed by atoms with Crippen LogP contribution in [0.25, 0.3) is 10.1 Å². The van der Waals surface area contributed by atoms with Crippen LogP contribution in [0.4, 0.5) is 4.39 Å². The zero-order chi connectivity index (χ0) is 9.42. The molecule has 1 aromatic carbocycles. The van der Waals surface area contributed by atoms with E-state index in [1.54, 1.807) is 0 Å². The highest BCUT2D eigenvalue weighted by Crippen LogP contribution is 2.38. The third-order valence-corrected chi connectivity index (χ3v) is 3.74. The maximum Gasteiger partial charge on any atom is 0.141 e. The predicted octanol–water partition coefficient (Wildman–Crippen LogP) is 3.47. The van der Waals surface area contributed by atoms with Crippen LogP contribution in [0.3, 0.4) is 0 Å². The number of hydrogen-bond acceptors (Lipinski definition) is 3. The first-order valence-electron chi connectivity index (χ1n) is 3.66. The molecule has 0 bridgehead atoms. The maximum absolute atomic E-state index is 13.2. The highest BCUT2D eigenvalue weighted by atomic mass is 32.2. The number of thiophene rings is 1. The van der Waals surface area contributed by atoms with Gasteiger partial charge in [0, 0.05) is 10.3 Å². The van der Waals surface area contributed by atoms with Crippen molar-refractivity contribution in [1.29, 1.82) is 0 Å². The molecule has 0 saturated carbocycles. The van der Waals surface area contributed by atoms with E-state index in [1.165, 1.54) is 35.2 Å². The zero-order valence-electron chi connectivity index (χ0n) is 6.87. The monoisotopic (exact) mass is 214 g/mol. The van der Waals surface area contributed by atoms with Crippen LogP contribution in [-0.4, -0.2) is 11.4 Å². The van der Waals surface area contributed by atoms with Crippen LogP contribution in [0.5, 0.6) is 5.75 Å². The molecule has 68 valence electrons. The van der Waals surface area contributed by atoms with Crippen molar-refractivity contribution in [1.82, 2.24) is 0 Å². The van der Waals surface area contributed by atoms with E-state index in [0.29, 0.717) is 10.1 Å². The van der Waals surface area contributed by atoms with Crippen LogP contribution in [0.15, 0.2) is 22.4 Å². The van der Waals surface area contributed by atoms with E-state index < -0.39 is 0 Å².